The molecular weight excluding hydrogens is 408 g/mol. The molecule has 0 nitrogen and oxygen atoms in total. The van der Waals surface area contributed by atoms with Gasteiger partial charge in [-0.2, -0.15) is 0 Å². The van der Waals surface area contributed by atoms with Gasteiger partial charge >= 0.3 is 0 Å². The Morgan fingerprint density at radius 1 is 0.448 bits per heavy atom. The van der Waals surface area contributed by atoms with E-state index in [9.17, 15) is 0 Å². The number of rotatable bonds is 1. The van der Waals surface area contributed by atoms with Crippen LogP contribution in [-0.4, -0.2) is 0 Å². The Bertz CT molecular complexity index is 1690. The van der Waals surface area contributed by atoms with Gasteiger partial charge in [0.1, 0.15) is 0 Å². The van der Waals surface area contributed by atoms with Crippen molar-refractivity contribution in [2.24, 2.45) is 0 Å². The molecule has 7 aromatic rings. The molecule has 0 amide bonds. The van der Waals surface area contributed by atoms with Crippen LogP contribution in [0.3, 0.4) is 0 Å². The van der Waals surface area contributed by atoms with Crippen molar-refractivity contribution in [2.75, 3.05) is 0 Å². The zero-order valence-corrected chi connectivity index (χ0v) is 17.8. The molecule has 0 radical (unpaired) electrons. The highest BCUT2D eigenvalue weighted by Crippen LogP contribution is 2.47. The van der Waals surface area contributed by atoms with Gasteiger partial charge in [-0.3, -0.25) is 0 Å². The topological polar surface area (TPSA) is 0 Å². The van der Waals surface area contributed by atoms with E-state index in [1.807, 2.05) is 34.0 Å². The molecule has 0 saturated heterocycles. The van der Waals surface area contributed by atoms with Crippen molar-refractivity contribution >= 4 is 84.4 Å². The van der Waals surface area contributed by atoms with Gasteiger partial charge in [0.05, 0.1) is 4.70 Å². The minimum absolute atomic E-state index is 1.31. The molecule has 3 heteroatoms. The van der Waals surface area contributed by atoms with Gasteiger partial charge in [0.2, 0.25) is 0 Å². The number of thiophene rings is 3. The summed E-state index contributed by atoms with van der Waals surface area (Å²) >= 11 is 5.75. The Labute approximate surface area is 179 Å². The van der Waals surface area contributed by atoms with Crippen molar-refractivity contribution in [1.82, 2.24) is 0 Å². The third-order valence-corrected chi connectivity index (χ3v) is 9.37. The average Bonchev–Trinajstić information content (AvgIpc) is 3.44. The van der Waals surface area contributed by atoms with E-state index < -0.39 is 0 Å². The average molecular weight is 423 g/mol. The van der Waals surface area contributed by atoms with E-state index in [1.165, 1.54) is 60.9 Å². The summed E-state index contributed by atoms with van der Waals surface area (Å²) < 4.78 is 6.98. The maximum absolute atomic E-state index is 2.37. The number of hydrogen-bond acceptors (Lipinski definition) is 3. The first-order valence-electron chi connectivity index (χ1n) is 9.61. The van der Waals surface area contributed by atoms with Crippen LogP contribution >= 0.6 is 34.0 Å². The summed E-state index contributed by atoms with van der Waals surface area (Å²) in [6.07, 6.45) is 0. The summed E-state index contributed by atoms with van der Waals surface area (Å²) in [6, 6.07) is 31.2. The molecule has 0 aliphatic heterocycles. The minimum atomic E-state index is 1.31. The standard InChI is InChI=1S/C26H14S3/c1-2-6-15(7-3-1)22-14-23-26(28-22)19-11-10-16-17(25(19)29-23)12-13-21-24(16)18-8-4-5-9-20(18)27-21/h1-14H. The molecule has 0 atom stereocenters. The summed E-state index contributed by atoms with van der Waals surface area (Å²) in [5.41, 5.74) is 1.31. The van der Waals surface area contributed by atoms with Gasteiger partial charge in [0.25, 0.3) is 0 Å². The zero-order chi connectivity index (χ0) is 18.9. The molecule has 7 rings (SSSR count). The molecule has 0 unspecified atom stereocenters. The summed E-state index contributed by atoms with van der Waals surface area (Å²) in [4.78, 5) is 1.35. The normalized spacial score (nSPS) is 12.1. The molecule has 4 aromatic carbocycles. The third kappa shape index (κ3) is 2.24. The fraction of sp³-hybridized carbons (Fsp3) is 0. The maximum atomic E-state index is 2.37. The third-order valence-electron chi connectivity index (χ3n) is 5.70. The number of hydrogen-bond donors (Lipinski definition) is 0. The summed E-state index contributed by atoms with van der Waals surface area (Å²) in [7, 11) is 0. The summed E-state index contributed by atoms with van der Waals surface area (Å²) in [5.74, 6) is 0. The van der Waals surface area contributed by atoms with E-state index in [-0.39, 0.29) is 0 Å². The predicted octanol–water partition coefficient (Wildman–Crippen LogP) is 9.30. The van der Waals surface area contributed by atoms with Crippen LogP contribution in [0.25, 0.3) is 60.9 Å². The fourth-order valence-electron chi connectivity index (χ4n) is 4.38. The molecule has 0 aliphatic rings. The summed E-state index contributed by atoms with van der Waals surface area (Å²) in [5, 5.41) is 6.94. The van der Waals surface area contributed by atoms with Crippen molar-refractivity contribution < 1.29 is 0 Å². The largest absolute Gasteiger partial charge is 0.135 e. The van der Waals surface area contributed by atoms with Crippen LogP contribution in [0, 0.1) is 0 Å². The molecule has 0 aliphatic carbocycles. The van der Waals surface area contributed by atoms with E-state index in [0.29, 0.717) is 0 Å². The van der Waals surface area contributed by atoms with E-state index in [0.717, 1.165) is 0 Å². The van der Waals surface area contributed by atoms with Crippen LogP contribution in [-0.2, 0) is 0 Å². The smallest absolute Gasteiger partial charge is 0.0536 e. The van der Waals surface area contributed by atoms with Gasteiger partial charge in [-0.1, -0.05) is 66.7 Å². The van der Waals surface area contributed by atoms with Gasteiger partial charge in [-0.15, -0.1) is 34.0 Å². The van der Waals surface area contributed by atoms with Gasteiger partial charge in [0.15, 0.2) is 0 Å². The van der Waals surface area contributed by atoms with Crippen LogP contribution in [0.2, 0.25) is 0 Å². The van der Waals surface area contributed by atoms with Gasteiger partial charge < -0.3 is 0 Å². The van der Waals surface area contributed by atoms with E-state index in [2.05, 4.69) is 84.9 Å². The second-order valence-corrected chi connectivity index (χ2v) is 10.5. The Morgan fingerprint density at radius 2 is 1.24 bits per heavy atom. The number of benzene rings is 4. The molecule has 0 saturated carbocycles. The van der Waals surface area contributed by atoms with Crippen molar-refractivity contribution in [3.8, 4) is 10.4 Å². The van der Waals surface area contributed by atoms with Crippen molar-refractivity contribution in [3.63, 3.8) is 0 Å². The van der Waals surface area contributed by atoms with Crippen LogP contribution in [0.1, 0.15) is 0 Å². The first kappa shape index (κ1) is 16.1. The van der Waals surface area contributed by atoms with E-state index in [4.69, 9.17) is 0 Å². The lowest BCUT2D eigenvalue weighted by Gasteiger charge is -2.03. The second-order valence-electron chi connectivity index (χ2n) is 7.35. The highest BCUT2D eigenvalue weighted by Gasteiger charge is 2.15. The molecule has 3 heterocycles. The SMILES string of the molecule is c1ccc(-c2cc3sc4c5ccc6sc7ccccc7c6c5ccc4c3s2)cc1. The first-order chi connectivity index (χ1) is 14.4. The van der Waals surface area contributed by atoms with Crippen LogP contribution in [0.15, 0.2) is 84.9 Å². The Balaban J connectivity index is 1.56. The van der Waals surface area contributed by atoms with Crippen molar-refractivity contribution in [1.29, 1.82) is 0 Å². The van der Waals surface area contributed by atoms with E-state index >= 15 is 0 Å². The lowest BCUT2D eigenvalue weighted by molar-refractivity contribution is 1.70. The lowest BCUT2D eigenvalue weighted by Crippen LogP contribution is -1.75. The van der Waals surface area contributed by atoms with Crippen molar-refractivity contribution in [3.05, 3.63) is 84.9 Å². The molecule has 0 fully saturated rings. The van der Waals surface area contributed by atoms with Crippen molar-refractivity contribution in [2.45, 2.75) is 0 Å². The number of fused-ring (bicyclic) bond motifs is 9. The Kier molecular flexibility index (Phi) is 3.28. The van der Waals surface area contributed by atoms with Crippen LogP contribution in [0.5, 0.6) is 0 Å². The molecular formula is C26H14S3. The highest BCUT2D eigenvalue weighted by atomic mass is 32.1. The molecule has 0 bridgehead atoms. The molecule has 0 spiro atoms. The van der Waals surface area contributed by atoms with Gasteiger partial charge in [0, 0.05) is 45.2 Å². The zero-order valence-electron chi connectivity index (χ0n) is 15.3. The molecule has 29 heavy (non-hydrogen) atoms. The van der Waals surface area contributed by atoms with Crippen LogP contribution < -0.4 is 0 Å². The van der Waals surface area contributed by atoms with Gasteiger partial charge in [-0.05, 0) is 29.1 Å². The summed E-state index contributed by atoms with van der Waals surface area (Å²) in [6.45, 7) is 0. The molecule has 136 valence electrons. The first-order valence-corrected chi connectivity index (χ1v) is 12.1. The second kappa shape index (κ2) is 5.90. The fourth-order valence-corrected chi connectivity index (χ4v) is 8.15. The van der Waals surface area contributed by atoms with E-state index in [1.54, 1.807) is 0 Å². The van der Waals surface area contributed by atoms with Crippen LogP contribution in [0.4, 0.5) is 0 Å². The molecule has 0 N–H and O–H groups in total. The Morgan fingerprint density at radius 3 is 2.17 bits per heavy atom. The van der Waals surface area contributed by atoms with Gasteiger partial charge in [-0.25, -0.2) is 0 Å². The predicted molar refractivity (Wildman–Crippen MR) is 133 cm³/mol. The monoisotopic (exact) mass is 422 g/mol. The quantitative estimate of drug-likeness (QED) is 0.247. The highest BCUT2D eigenvalue weighted by molar-refractivity contribution is 7.34. The Hall–Kier alpha value is -2.72. The molecule has 3 aromatic heterocycles. The minimum Gasteiger partial charge on any atom is -0.135 e. The maximum Gasteiger partial charge on any atom is 0.0536 e. The lowest BCUT2D eigenvalue weighted by atomic mass is 10.0.